The third-order valence-electron chi connectivity index (χ3n) is 2.94. The van der Waals surface area contributed by atoms with Gasteiger partial charge in [0.05, 0.1) is 0 Å². The number of hydrogen-bond donors (Lipinski definition) is 1. The van der Waals surface area contributed by atoms with Crippen molar-refractivity contribution in [1.82, 2.24) is 0 Å². The smallest absolute Gasteiger partial charge is 0.306 e. The summed E-state index contributed by atoms with van der Waals surface area (Å²) in [6, 6.07) is 3.18. The molecule has 2 amide bonds. The summed E-state index contributed by atoms with van der Waals surface area (Å²) in [5, 5.41) is 2.51. The van der Waals surface area contributed by atoms with Crippen LogP contribution in [0.1, 0.15) is 18.9 Å². The summed E-state index contributed by atoms with van der Waals surface area (Å²) < 4.78 is 38.8. The molecule has 1 aromatic carbocycles. The van der Waals surface area contributed by atoms with Crippen molar-refractivity contribution in [2.45, 2.75) is 24.3 Å². The largest absolute Gasteiger partial charge is 0.412 e. The minimum absolute atomic E-state index is 0.0721. The Morgan fingerprint density at radius 2 is 2.14 bits per heavy atom. The maximum atomic E-state index is 13.7. The molecule has 0 unspecified atom stereocenters. The van der Waals surface area contributed by atoms with Crippen LogP contribution in [0.25, 0.3) is 0 Å². The van der Waals surface area contributed by atoms with Gasteiger partial charge in [-0.15, -0.1) is 11.8 Å². The number of hydrogen-bond acceptors (Lipinski definition) is 2. The number of thioether (sulfide) groups is 1. The van der Waals surface area contributed by atoms with Gasteiger partial charge in [0.15, 0.2) is 4.75 Å². The topological polar surface area (TPSA) is 41.5 Å². The Labute approximate surface area is 129 Å². The van der Waals surface area contributed by atoms with Crippen molar-refractivity contribution in [3.63, 3.8) is 0 Å². The zero-order valence-corrected chi connectivity index (χ0v) is 12.6. The molecule has 2 rings (SSSR count). The third-order valence-corrected chi connectivity index (χ3v) is 4.80. The second-order valence-electron chi connectivity index (χ2n) is 4.46. The standard InChI is InChI=1S/C13H12ClF3N2OS/c1-2-5-21-12(13(15,16)17)7-18-11(20)19-10-4-3-8(14)6-9(10)12/h3-4,6-7H,2,5H2,1H3,(H,19,20)/t12-/m0/s1. The summed E-state index contributed by atoms with van der Waals surface area (Å²) in [5.41, 5.74) is -0.0293. The fraction of sp³-hybridized carbons (Fsp3) is 0.385. The van der Waals surface area contributed by atoms with E-state index in [1.54, 1.807) is 6.92 Å². The summed E-state index contributed by atoms with van der Waals surface area (Å²) in [4.78, 5) is 14.9. The number of aliphatic imine (C=N–C) groups is 1. The first-order valence-electron chi connectivity index (χ1n) is 6.17. The molecule has 0 spiro atoms. The SMILES string of the molecule is CCCS[C@@]1(C(F)(F)F)C=NC(=O)Nc2ccc(Cl)cc21. The first-order chi connectivity index (χ1) is 9.80. The van der Waals surface area contributed by atoms with Crippen LogP contribution < -0.4 is 5.32 Å². The minimum atomic E-state index is -4.61. The molecule has 0 radical (unpaired) electrons. The van der Waals surface area contributed by atoms with Crippen LogP contribution in [0.15, 0.2) is 23.2 Å². The Kier molecular flexibility index (Phi) is 4.53. The maximum Gasteiger partial charge on any atom is 0.412 e. The van der Waals surface area contributed by atoms with Gasteiger partial charge in [-0.25, -0.2) is 9.79 Å². The van der Waals surface area contributed by atoms with E-state index >= 15 is 0 Å². The lowest BCUT2D eigenvalue weighted by atomic mass is 9.96. The maximum absolute atomic E-state index is 13.7. The molecule has 0 aromatic heterocycles. The van der Waals surface area contributed by atoms with Crippen molar-refractivity contribution in [3.05, 3.63) is 28.8 Å². The molecule has 0 fully saturated rings. The Balaban J connectivity index is 2.70. The number of halogens is 4. The van der Waals surface area contributed by atoms with E-state index in [1.807, 2.05) is 0 Å². The summed E-state index contributed by atoms with van der Waals surface area (Å²) in [6.07, 6.45) is -3.37. The molecule has 0 aliphatic carbocycles. The summed E-state index contributed by atoms with van der Waals surface area (Å²) >= 11 is 6.54. The Bertz CT molecular complexity index is 591. The van der Waals surface area contributed by atoms with E-state index in [9.17, 15) is 18.0 Å². The lowest BCUT2D eigenvalue weighted by molar-refractivity contribution is -0.143. The lowest BCUT2D eigenvalue weighted by Crippen LogP contribution is -2.41. The molecule has 21 heavy (non-hydrogen) atoms. The fourth-order valence-electron chi connectivity index (χ4n) is 1.99. The van der Waals surface area contributed by atoms with Gasteiger partial charge in [0, 0.05) is 22.5 Å². The highest BCUT2D eigenvalue weighted by Crippen LogP contribution is 2.52. The van der Waals surface area contributed by atoms with Gasteiger partial charge < -0.3 is 5.32 Å². The second kappa shape index (κ2) is 5.88. The van der Waals surface area contributed by atoms with Crippen LogP contribution in [0.5, 0.6) is 0 Å². The number of urea groups is 1. The van der Waals surface area contributed by atoms with Crippen LogP contribution in [-0.4, -0.2) is 24.2 Å². The zero-order chi connectivity index (χ0) is 15.7. The highest BCUT2D eigenvalue weighted by Gasteiger charge is 2.57. The van der Waals surface area contributed by atoms with E-state index in [2.05, 4.69) is 10.3 Å². The van der Waals surface area contributed by atoms with Gasteiger partial charge in [-0.1, -0.05) is 18.5 Å². The molecule has 1 atom stereocenters. The van der Waals surface area contributed by atoms with Crippen molar-refractivity contribution in [1.29, 1.82) is 0 Å². The lowest BCUT2D eigenvalue weighted by Gasteiger charge is -2.32. The number of anilines is 1. The number of alkyl halides is 3. The first kappa shape index (κ1) is 16.2. The number of rotatable bonds is 3. The van der Waals surface area contributed by atoms with Gasteiger partial charge in [-0.2, -0.15) is 13.2 Å². The average Bonchev–Trinajstić information content (AvgIpc) is 2.53. The van der Waals surface area contributed by atoms with Crippen molar-refractivity contribution >= 4 is 41.3 Å². The van der Waals surface area contributed by atoms with E-state index in [0.29, 0.717) is 24.4 Å². The van der Waals surface area contributed by atoms with Gasteiger partial charge in [-0.3, -0.25) is 0 Å². The Morgan fingerprint density at radius 3 is 2.76 bits per heavy atom. The zero-order valence-electron chi connectivity index (χ0n) is 11.0. The monoisotopic (exact) mass is 336 g/mol. The van der Waals surface area contributed by atoms with E-state index in [-0.39, 0.29) is 22.0 Å². The van der Waals surface area contributed by atoms with Crippen molar-refractivity contribution < 1.29 is 18.0 Å². The molecule has 0 saturated heterocycles. The van der Waals surface area contributed by atoms with Gasteiger partial charge in [0.25, 0.3) is 0 Å². The number of nitrogens with one attached hydrogen (secondary N) is 1. The molecule has 1 N–H and O–H groups in total. The highest BCUT2D eigenvalue weighted by atomic mass is 35.5. The highest BCUT2D eigenvalue weighted by molar-refractivity contribution is 8.00. The third kappa shape index (κ3) is 3.03. The van der Waals surface area contributed by atoms with Crippen molar-refractivity contribution in [2.75, 3.05) is 11.1 Å². The average molecular weight is 337 g/mol. The summed E-state index contributed by atoms with van der Waals surface area (Å²) in [6.45, 7) is 1.78. The molecular formula is C13H12ClF3N2OS. The quantitative estimate of drug-likeness (QED) is 0.856. The van der Waals surface area contributed by atoms with Crippen molar-refractivity contribution in [2.24, 2.45) is 4.99 Å². The molecule has 1 aliphatic heterocycles. The number of amides is 2. The van der Waals surface area contributed by atoms with Crippen LogP contribution in [0, 0.1) is 0 Å². The number of nitrogens with zero attached hydrogens (tertiary/aromatic N) is 1. The molecule has 0 bridgehead atoms. The molecule has 3 nitrogen and oxygen atoms in total. The summed E-state index contributed by atoms with van der Waals surface area (Å²) in [5.74, 6) is 0.270. The van der Waals surface area contributed by atoms with Crippen LogP contribution in [0.4, 0.5) is 23.7 Å². The normalized spacial score (nSPS) is 21.7. The van der Waals surface area contributed by atoms with E-state index in [4.69, 9.17) is 11.6 Å². The first-order valence-corrected chi connectivity index (χ1v) is 7.53. The van der Waals surface area contributed by atoms with E-state index in [0.717, 1.165) is 0 Å². The van der Waals surface area contributed by atoms with Gasteiger partial charge in [0.2, 0.25) is 0 Å². The summed E-state index contributed by atoms with van der Waals surface area (Å²) in [7, 11) is 0. The van der Waals surface area contributed by atoms with E-state index in [1.165, 1.54) is 18.2 Å². The van der Waals surface area contributed by atoms with Crippen LogP contribution in [0.3, 0.4) is 0 Å². The molecular weight excluding hydrogens is 325 g/mol. The molecule has 8 heteroatoms. The molecule has 114 valence electrons. The minimum Gasteiger partial charge on any atom is -0.306 e. The Morgan fingerprint density at radius 1 is 1.43 bits per heavy atom. The molecule has 1 aliphatic rings. The Hall–Kier alpha value is -1.21. The molecule has 0 saturated carbocycles. The fourth-order valence-corrected chi connectivity index (χ4v) is 3.30. The van der Waals surface area contributed by atoms with E-state index < -0.39 is 17.0 Å². The van der Waals surface area contributed by atoms with Gasteiger partial charge in [-0.05, 0) is 30.4 Å². The second-order valence-corrected chi connectivity index (χ2v) is 6.24. The van der Waals surface area contributed by atoms with Crippen molar-refractivity contribution in [3.8, 4) is 0 Å². The van der Waals surface area contributed by atoms with Crippen LogP contribution in [0.2, 0.25) is 5.02 Å². The number of carbonyl (C=O) groups excluding carboxylic acids is 1. The predicted molar refractivity (Wildman–Crippen MR) is 79.4 cm³/mol. The van der Waals surface area contributed by atoms with Gasteiger partial charge >= 0.3 is 12.2 Å². The molecule has 1 heterocycles. The van der Waals surface area contributed by atoms with Gasteiger partial charge in [0.1, 0.15) is 0 Å². The van der Waals surface area contributed by atoms with Crippen LogP contribution in [-0.2, 0) is 4.75 Å². The number of benzene rings is 1. The molecule has 1 aromatic rings. The predicted octanol–water partition coefficient (Wildman–Crippen LogP) is 4.86. The van der Waals surface area contributed by atoms with Crippen LogP contribution >= 0.6 is 23.4 Å². The number of carbonyl (C=O) groups is 1. The number of fused-ring (bicyclic) bond motifs is 1.